The minimum absolute atomic E-state index is 0.0613. The lowest BCUT2D eigenvalue weighted by Crippen LogP contribution is -2.24. The first-order chi connectivity index (χ1) is 10.2. The molecule has 3 rings (SSSR count). The Kier molecular flexibility index (Phi) is 3.97. The highest BCUT2D eigenvalue weighted by atomic mass is 35.5. The monoisotopic (exact) mass is 303 g/mol. The fraction of sp³-hybridized carbons (Fsp3) is 0.188. The number of halogens is 1. The Balaban J connectivity index is 1.58. The summed E-state index contributed by atoms with van der Waals surface area (Å²) in [4.78, 5) is 12.0. The molecule has 0 atom stereocenters. The molecule has 0 bridgehead atoms. The number of amides is 1. The number of carbonyl (C=O) groups excluding carboxylic acids is 1. The molecule has 1 heterocycles. The van der Waals surface area contributed by atoms with E-state index in [1.54, 1.807) is 6.07 Å². The van der Waals surface area contributed by atoms with E-state index >= 15 is 0 Å². The van der Waals surface area contributed by atoms with Gasteiger partial charge in [-0.05, 0) is 29.3 Å². The molecule has 1 aliphatic rings. The number of carbonyl (C=O) groups is 1. The first kappa shape index (κ1) is 13.8. The van der Waals surface area contributed by atoms with Gasteiger partial charge >= 0.3 is 0 Å². The van der Waals surface area contributed by atoms with Gasteiger partial charge in [-0.3, -0.25) is 4.79 Å². The molecule has 1 aliphatic heterocycles. The van der Waals surface area contributed by atoms with Crippen molar-refractivity contribution in [1.29, 1.82) is 0 Å². The number of fused-ring (bicyclic) bond motifs is 1. The Morgan fingerprint density at radius 1 is 1.14 bits per heavy atom. The number of rotatable bonds is 4. The van der Waals surface area contributed by atoms with Gasteiger partial charge in [-0.2, -0.15) is 0 Å². The van der Waals surface area contributed by atoms with Crippen LogP contribution in [0.4, 0.5) is 0 Å². The van der Waals surface area contributed by atoms with Gasteiger partial charge in [-0.15, -0.1) is 0 Å². The molecule has 108 valence electrons. The van der Waals surface area contributed by atoms with Gasteiger partial charge in [0.1, 0.15) is 0 Å². The van der Waals surface area contributed by atoms with E-state index in [0.717, 1.165) is 16.9 Å². The maximum atomic E-state index is 12.0. The first-order valence-electron chi connectivity index (χ1n) is 6.61. The molecule has 1 N–H and O–H groups in total. The third kappa shape index (κ3) is 3.28. The summed E-state index contributed by atoms with van der Waals surface area (Å²) in [6.07, 6.45) is 0.293. The molecule has 0 unspecified atom stereocenters. The molecule has 0 aromatic heterocycles. The molecule has 0 saturated heterocycles. The van der Waals surface area contributed by atoms with Crippen LogP contribution in [0.25, 0.3) is 0 Å². The second-order valence-corrected chi connectivity index (χ2v) is 5.14. The maximum Gasteiger partial charge on any atom is 0.231 e. The van der Waals surface area contributed by atoms with Crippen LogP contribution in [0.15, 0.2) is 42.5 Å². The fourth-order valence-electron chi connectivity index (χ4n) is 2.13. The summed E-state index contributed by atoms with van der Waals surface area (Å²) >= 11 is 6.05. The Bertz CT molecular complexity index is 672. The molecule has 0 saturated carbocycles. The van der Waals surface area contributed by atoms with E-state index in [2.05, 4.69) is 5.32 Å². The average Bonchev–Trinajstić information content (AvgIpc) is 2.94. The van der Waals surface area contributed by atoms with Crippen LogP contribution in [0.3, 0.4) is 0 Å². The third-order valence-electron chi connectivity index (χ3n) is 3.24. The van der Waals surface area contributed by atoms with Crippen LogP contribution in [-0.4, -0.2) is 12.7 Å². The largest absolute Gasteiger partial charge is 0.454 e. The summed E-state index contributed by atoms with van der Waals surface area (Å²) < 4.78 is 10.5. The molecule has 0 radical (unpaired) electrons. The van der Waals surface area contributed by atoms with Crippen molar-refractivity contribution in [1.82, 2.24) is 5.32 Å². The Labute approximate surface area is 127 Å². The Hall–Kier alpha value is -2.20. The van der Waals surface area contributed by atoms with Crippen molar-refractivity contribution in [2.45, 2.75) is 13.0 Å². The fourth-order valence-corrected chi connectivity index (χ4v) is 2.34. The van der Waals surface area contributed by atoms with E-state index in [9.17, 15) is 4.79 Å². The minimum atomic E-state index is -0.0613. The normalized spacial score (nSPS) is 12.2. The predicted octanol–water partition coefficient (Wildman–Crippen LogP) is 2.93. The van der Waals surface area contributed by atoms with Gasteiger partial charge < -0.3 is 14.8 Å². The van der Waals surface area contributed by atoms with Crippen LogP contribution in [0.1, 0.15) is 11.1 Å². The van der Waals surface area contributed by atoms with Crippen LogP contribution in [0, 0.1) is 0 Å². The van der Waals surface area contributed by atoms with Crippen LogP contribution < -0.4 is 14.8 Å². The highest BCUT2D eigenvalue weighted by molar-refractivity contribution is 6.31. The SMILES string of the molecule is O=C(Cc1ccc2c(c1)OCO2)NCc1ccccc1Cl. The summed E-state index contributed by atoms with van der Waals surface area (Å²) in [6.45, 7) is 0.653. The molecule has 0 spiro atoms. The van der Waals surface area contributed by atoms with E-state index in [-0.39, 0.29) is 12.7 Å². The van der Waals surface area contributed by atoms with E-state index in [4.69, 9.17) is 21.1 Å². The zero-order valence-corrected chi connectivity index (χ0v) is 12.0. The average molecular weight is 304 g/mol. The summed E-state index contributed by atoms with van der Waals surface area (Å²) in [7, 11) is 0. The second kappa shape index (κ2) is 6.06. The van der Waals surface area contributed by atoms with Crippen LogP contribution in [0.5, 0.6) is 11.5 Å². The maximum absolute atomic E-state index is 12.0. The van der Waals surface area contributed by atoms with E-state index in [1.807, 2.05) is 36.4 Å². The van der Waals surface area contributed by atoms with Crippen molar-refractivity contribution < 1.29 is 14.3 Å². The number of hydrogen-bond acceptors (Lipinski definition) is 3. The predicted molar refractivity (Wildman–Crippen MR) is 79.6 cm³/mol. The molecule has 4 nitrogen and oxygen atoms in total. The van der Waals surface area contributed by atoms with Crippen molar-refractivity contribution >= 4 is 17.5 Å². The second-order valence-electron chi connectivity index (χ2n) is 4.73. The van der Waals surface area contributed by atoms with Crippen LogP contribution in [-0.2, 0) is 17.8 Å². The molecule has 2 aromatic rings. The topological polar surface area (TPSA) is 47.6 Å². The lowest BCUT2D eigenvalue weighted by Gasteiger charge is -2.07. The van der Waals surface area contributed by atoms with Crippen molar-refractivity contribution in [2.75, 3.05) is 6.79 Å². The van der Waals surface area contributed by atoms with Gasteiger partial charge in [0.25, 0.3) is 0 Å². The quantitative estimate of drug-likeness (QED) is 0.944. The number of ether oxygens (including phenoxy) is 2. The number of hydrogen-bond donors (Lipinski definition) is 1. The lowest BCUT2D eigenvalue weighted by atomic mass is 10.1. The molecule has 0 fully saturated rings. The molecule has 2 aromatic carbocycles. The standard InChI is InChI=1S/C16H14ClNO3/c17-13-4-2-1-3-12(13)9-18-16(19)8-11-5-6-14-15(7-11)21-10-20-14/h1-7H,8-10H2,(H,18,19). The Morgan fingerprint density at radius 3 is 2.81 bits per heavy atom. The smallest absolute Gasteiger partial charge is 0.231 e. The summed E-state index contributed by atoms with van der Waals surface area (Å²) in [5.41, 5.74) is 1.79. The third-order valence-corrected chi connectivity index (χ3v) is 3.60. The van der Waals surface area contributed by atoms with Gasteiger partial charge in [0, 0.05) is 11.6 Å². The van der Waals surface area contributed by atoms with Crippen molar-refractivity contribution in [3.63, 3.8) is 0 Å². The lowest BCUT2D eigenvalue weighted by molar-refractivity contribution is -0.120. The first-order valence-corrected chi connectivity index (χ1v) is 6.99. The van der Waals surface area contributed by atoms with Crippen molar-refractivity contribution in [2.24, 2.45) is 0 Å². The molecule has 0 aliphatic carbocycles. The van der Waals surface area contributed by atoms with E-state index in [0.29, 0.717) is 23.7 Å². The molecule has 1 amide bonds. The number of nitrogens with one attached hydrogen (secondary N) is 1. The molecular formula is C16H14ClNO3. The molecule has 5 heteroatoms. The van der Waals surface area contributed by atoms with Crippen LogP contribution >= 0.6 is 11.6 Å². The highest BCUT2D eigenvalue weighted by Crippen LogP contribution is 2.32. The van der Waals surface area contributed by atoms with E-state index in [1.165, 1.54) is 0 Å². The molecular weight excluding hydrogens is 290 g/mol. The van der Waals surface area contributed by atoms with Gasteiger partial charge in [0.15, 0.2) is 11.5 Å². The highest BCUT2D eigenvalue weighted by Gasteiger charge is 2.14. The summed E-state index contributed by atoms with van der Waals surface area (Å²) in [5.74, 6) is 1.34. The van der Waals surface area contributed by atoms with Crippen LogP contribution in [0.2, 0.25) is 5.02 Å². The van der Waals surface area contributed by atoms with Crippen molar-refractivity contribution in [3.05, 3.63) is 58.6 Å². The van der Waals surface area contributed by atoms with E-state index < -0.39 is 0 Å². The minimum Gasteiger partial charge on any atom is -0.454 e. The van der Waals surface area contributed by atoms with Gasteiger partial charge in [0.05, 0.1) is 6.42 Å². The molecule has 21 heavy (non-hydrogen) atoms. The van der Waals surface area contributed by atoms with Gasteiger partial charge in [-0.1, -0.05) is 35.9 Å². The number of benzene rings is 2. The summed E-state index contributed by atoms with van der Waals surface area (Å²) in [5, 5.41) is 3.51. The van der Waals surface area contributed by atoms with Crippen molar-refractivity contribution in [3.8, 4) is 11.5 Å². The van der Waals surface area contributed by atoms with Gasteiger partial charge in [0.2, 0.25) is 12.7 Å². The Morgan fingerprint density at radius 2 is 1.95 bits per heavy atom. The zero-order valence-electron chi connectivity index (χ0n) is 11.3. The zero-order chi connectivity index (χ0) is 14.7. The summed E-state index contributed by atoms with van der Waals surface area (Å²) in [6, 6.07) is 13.0. The van der Waals surface area contributed by atoms with Gasteiger partial charge in [-0.25, -0.2) is 0 Å².